The summed E-state index contributed by atoms with van der Waals surface area (Å²) in [6.07, 6.45) is 0. The third-order valence-electron chi connectivity index (χ3n) is 4.78. The van der Waals surface area contributed by atoms with Gasteiger partial charge < -0.3 is 20.9 Å². The Bertz CT molecular complexity index is 799. The van der Waals surface area contributed by atoms with Crippen LogP contribution in [-0.2, 0) is 0 Å². The molecule has 0 unspecified atom stereocenters. The lowest BCUT2D eigenvalue weighted by molar-refractivity contribution is 0.0949. The molecule has 150 valence electrons. The fraction of sp³-hybridized carbons (Fsp3) is 0.364. The number of hydrogen-bond donors (Lipinski definition) is 3. The highest BCUT2D eigenvalue weighted by Gasteiger charge is 2.08. The maximum atomic E-state index is 12.2. The molecule has 0 aliphatic rings. The highest BCUT2D eigenvalue weighted by atomic mass is 16.2. The number of benzene rings is 2. The third-order valence-corrected chi connectivity index (χ3v) is 4.78. The topological polar surface area (TPSA) is 73.5 Å². The molecular weight excluding hydrogens is 352 g/mol. The maximum absolute atomic E-state index is 12.2. The van der Waals surface area contributed by atoms with Crippen molar-refractivity contribution >= 4 is 23.3 Å². The van der Waals surface area contributed by atoms with Crippen molar-refractivity contribution in [1.82, 2.24) is 10.2 Å². The minimum atomic E-state index is -0.320. The standard InChI is InChI=1S/C22H30N4O2/c1-5-26(6-2)14-13-23-21(27)18-8-11-19(12-9-18)24-22(28)25-20-10-7-16(3)17(4)15-20/h7-12,15H,5-6,13-14H2,1-4H3,(H,23,27)(H2,24,25,28). The lowest BCUT2D eigenvalue weighted by atomic mass is 10.1. The van der Waals surface area contributed by atoms with E-state index in [9.17, 15) is 9.59 Å². The first kappa shape index (κ1) is 21.4. The highest BCUT2D eigenvalue weighted by molar-refractivity contribution is 6.00. The summed E-state index contributed by atoms with van der Waals surface area (Å²) < 4.78 is 0. The Morgan fingerprint density at radius 3 is 2.07 bits per heavy atom. The molecule has 0 atom stereocenters. The Kier molecular flexibility index (Phi) is 8.02. The van der Waals surface area contributed by atoms with E-state index in [1.165, 1.54) is 5.56 Å². The number of anilines is 2. The molecule has 0 heterocycles. The molecule has 0 fully saturated rings. The van der Waals surface area contributed by atoms with Gasteiger partial charge in [0.1, 0.15) is 0 Å². The van der Waals surface area contributed by atoms with Crippen LogP contribution in [0.5, 0.6) is 0 Å². The van der Waals surface area contributed by atoms with Crippen LogP contribution in [0.1, 0.15) is 35.3 Å². The van der Waals surface area contributed by atoms with Gasteiger partial charge in [0.25, 0.3) is 5.91 Å². The highest BCUT2D eigenvalue weighted by Crippen LogP contribution is 2.15. The van der Waals surface area contributed by atoms with Gasteiger partial charge in [-0.3, -0.25) is 4.79 Å². The molecule has 3 N–H and O–H groups in total. The van der Waals surface area contributed by atoms with Crippen molar-refractivity contribution in [3.05, 3.63) is 59.2 Å². The first-order valence-corrected chi connectivity index (χ1v) is 9.68. The molecule has 0 saturated heterocycles. The van der Waals surface area contributed by atoms with Crippen LogP contribution in [0.15, 0.2) is 42.5 Å². The van der Waals surface area contributed by atoms with E-state index in [-0.39, 0.29) is 11.9 Å². The summed E-state index contributed by atoms with van der Waals surface area (Å²) in [5.74, 6) is -0.113. The van der Waals surface area contributed by atoms with Crippen molar-refractivity contribution in [3.63, 3.8) is 0 Å². The van der Waals surface area contributed by atoms with Gasteiger partial charge in [0.2, 0.25) is 0 Å². The van der Waals surface area contributed by atoms with E-state index in [0.29, 0.717) is 17.8 Å². The van der Waals surface area contributed by atoms with Crippen molar-refractivity contribution in [2.45, 2.75) is 27.7 Å². The van der Waals surface area contributed by atoms with Crippen LogP contribution in [0.2, 0.25) is 0 Å². The fourth-order valence-corrected chi connectivity index (χ4v) is 2.79. The van der Waals surface area contributed by atoms with Gasteiger partial charge in [0.15, 0.2) is 0 Å². The summed E-state index contributed by atoms with van der Waals surface area (Å²) in [5, 5.41) is 8.51. The number of likely N-dealkylation sites (N-methyl/N-ethyl adjacent to an activating group) is 1. The predicted octanol–water partition coefficient (Wildman–Crippen LogP) is 4.02. The van der Waals surface area contributed by atoms with Gasteiger partial charge in [-0.05, 0) is 74.5 Å². The van der Waals surface area contributed by atoms with Crippen LogP contribution in [-0.4, -0.2) is 43.0 Å². The smallest absolute Gasteiger partial charge is 0.323 e. The van der Waals surface area contributed by atoms with Crippen LogP contribution in [0.3, 0.4) is 0 Å². The number of amides is 3. The number of carbonyl (C=O) groups is 2. The number of nitrogens with one attached hydrogen (secondary N) is 3. The van der Waals surface area contributed by atoms with E-state index in [1.54, 1.807) is 24.3 Å². The summed E-state index contributed by atoms with van der Waals surface area (Å²) in [5.41, 5.74) is 4.23. The molecule has 0 aliphatic heterocycles. The van der Waals surface area contributed by atoms with Gasteiger partial charge in [-0.25, -0.2) is 4.79 Å². The van der Waals surface area contributed by atoms with E-state index in [0.717, 1.165) is 30.9 Å². The number of aryl methyl sites for hydroxylation is 2. The van der Waals surface area contributed by atoms with Crippen LogP contribution < -0.4 is 16.0 Å². The van der Waals surface area contributed by atoms with E-state index < -0.39 is 0 Å². The number of nitrogens with zero attached hydrogens (tertiary/aromatic N) is 1. The van der Waals surface area contributed by atoms with Gasteiger partial charge in [0.05, 0.1) is 0 Å². The van der Waals surface area contributed by atoms with E-state index in [4.69, 9.17) is 0 Å². The summed E-state index contributed by atoms with van der Waals surface area (Å²) >= 11 is 0. The summed E-state index contributed by atoms with van der Waals surface area (Å²) in [4.78, 5) is 26.6. The molecule has 0 bridgehead atoms. The summed E-state index contributed by atoms with van der Waals surface area (Å²) in [6.45, 7) is 11.6. The number of hydrogen-bond acceptors (Lipinski definition) is 3. The first-order valence-electron chi connectivity index (χ1n) is 9.68. The Morgan fingerprint density at radius 2 is 1.46 bits per heavy atom. The molecule has 2 rings (SSSR count). The monoisotopic (exact) mass is 382 g/mol. The van der Waals surface area contributed by atoms with Crippen molar-refractivity contribution < 1.29 is 9.59 Å². The third kappa shape index (κ3) is 6.39. The van der Waals surface area contributed by atoms with Gasteiger partial charge in [-0.15, -0.1) is 0 Å². The van der Waals surface area contributed by atoms with Crippen LogP contribution in [0.25, 0.3) is 0 Å². The second kappa shape index (κ2) is 10.5. The number of carbonyl (C=O) groups excluding carboxylic acids is 2. The molecule has 0 radical (unpaired) electrons. The molecule has 3 amide bonds. The molecule has 0 saturated carbocycles. The molecule has 0 aromatic heterocycles. The van der Waals surface area contributed by atoms with E-state index >= 15 is 0 Å². The quantitative estimate of drug-likeness (QED) is 0.646. The molecule has 0 aliphatic carbocycles. The van der Waals surface area contributed by atoms with Crippen molar-refractivity contribution in [2.24, 2.45) is 0 Å². The van der Waals surface area contributed by atoms with Gasteiger partial charge in [0, 0.05) is 30.0 Å². The van der Waals surface area contributed by atoms with Crippen LogP contribution in [0.4, 0.5) is 16.2 Å². The van der Waals surface area contributed by atoms with Crippen LogP contribution in [0, 0.1) is 13.8 Å². The Balaban J connectivity index is 1.85. The summed E-state index contributed by atoms with van der Waals surface area (Å²) in [6, 6.07) is 12.3. The second-order valence-corrected chi connectivity index (χ2v) is 6.74. The Morgan fingerprint density at radius 1 is 0.857 bits per heavy atom. The average Bonchev–Trinajstić information content (AvgIpc) is 2.68. The zero-order valence-electron chi connectivity index (χ0n) is 17.1. The lowest BCUT2D eigenvalue weighted by Gasteiger charge is -2.18. The molecule has 6 heteroatoms. The largest absolute Gasteiger partial charge is 0.351 e. The molecule has 6 nitrogen and oxygen atoms in total. The van der Waals surface area contributed by atoms with E-state index in [2.05, 4.69) is 34.7 Å². The average molecular weight is 383 g/mol. The molecule has 2 aromatic rings. The van der Waals surface area contributed by atoms with Crippen LogP contribution >= 0.6 is 0 Å². The molecule has 0 spiro atoms. The fourth-order valence-electron chi connectivity index (χ4n) is 2.79. The number of urea groups is 1. The normalized spacial score (nSPS) is 10.6. The van der Waals surface area contributed by atoms with Crippen molar-refractivity contribution in [1.29, 1.82) is 0 Å². The van der Waals surface area contributed by atoms with Gasteiger partial charge in [-0.2, -0.15) is 0 Å². The number of rotatable bonds is 8. The molecule has 28 heavy (non-hydrogen) atoms. The minimum Gasteiger partial charge on any atom is -0.351 e. The summed E-state index contributed by atoms with van der Waals surface area (Å²) in [7, 11) is 0. The Labute approximate surface area is 167 Å². The Hall–Kier alpha value is -2.86. The van der Waals surface area contributed by atoms with Crippen molar-refractivity contribution in [3.8, 4) is 0 Å². The SMILES string of the molecule is CCN(CC)CCNC(=O)c1ccc(NC(=O)Nc2ccc(C)c(C)c2)cc1. The maximum Gasteiger partial charge on any atom is 0.323 e. The van der Waals surface area contributed by atoms with Gasteiger partial charge in [-0.1, -0.05) is 19.9 Å². The molecule has 2 aromatic carbocycles. The predicted molar refractivity (Wildman–Crippen MR) is 115 cm³/mol. The zero-order valence-corrected chi connectivity index (χ0v) is 17.1. The minimum absolute atomic E-state index is 0.113. The van der Waals surface area contributed by atoms with Crippen molar-refractivity contribution in [2.75, 3.05) is 36.8 Å². The van der Waals surface area contributed by atoms with Gasteiger partial charge >= 0.3 is 6.03 Å². The second-order valence-electron chi connectivity index (χ2n) is 6.74. The lowest BCUT2D eigenvalue weighted by Crippen LogP contribution is -2.34. The molecular formula is C22H30N4O2. The first-order chi connectivity index (χ1) is 13.4. The van der Waals surface area contributed by atoms with E-state index in [1.807, 2.05) is 32.0 Å². The zero-order chi connectivity index (χ0) is 20.5.